The van der Waals surface area contributed by atoms with Gasteiger partial charge in [0.05, 0.1) is 10.5 Å². The highest BCUT2D eigenvalue weighted by molar-refractivity contribution is 6.32. The van der Waals surface area contributed by atoms with E-state index < -0.39 is 39.5 Å². The maximum Gasteiger partial charge on any atom is 0.289 e. The molecule has 0 fully saturated rings. The summed E-state index contributed by atoms with van der Waals surface area (Å²) < 4.78 is 39.4. The van der Waals surface area contributed by atoms with Gasteiger partial charge in [0.15, 0.2) is 17.5 Å². The topological polar surface area (TPSA) is 72.2 Å². The summed E-state index contributed by atoms with van der Waals surface area (Å²) in [5, 5.41) is 12.7. The van der Waals surface area contributed by atoms with Crippen LogP contribution in [0.2, 0.25) is 5.02 Å². The molecule has 0 aliphatic heterocycles. The Kier molecular flexibility index (Phi) is 4.32. The van der Waals surface area contributed by atoms with E-state index in [0.29, 0.717) is 6.07 Å². The van der Waals surface area contributed by atoms with Gasteiger partial charge in [-0.05, 0) is 24.3 Å². The van der Waals surface area contributed by atoms with Crippen LogP contribution in [0.1, 0.15) is 10.4 Å². The van der Waals surface area contributed by atoms with Crippen molar-refractivity contribution < 1.29 is 22.9 Å². The third kappa shape index (κ3) is 3.01. The Morgan fingerprint density at radius 2 is 1.82 bits per heavy atom. The summed E-state index contributed by atoms with van der Waals surface area (Å²) in [7, 11) is 0. The molecule has 0 heterocycles. The van der Waals surface area contributed by atoms with Gasteiger partial charge in [-0.3, -0.25) is 14.9 Å². The van der Waals surface area contributed by atoms with Gasteiger partial charge in [0.1, 0.15) is 5.02 Å². The zero-order valence-corrected chi connectivity index (χ0v) is 11.3. The maximum atomic E-state index is 13.5. The molecule has 0 spiro atoms. The van der Waals surface area contributed by atoms with E-state index in [1.54, 1.807) is 0 Å². The van der Waals surface area contributed by atoms with Crippen molar-refractivity contribution in [2.45, 2.75) is 0 Å². The molecule has 2 aromatic rings. The van der Waals surface area contributed by atoms with Gasteiger partial charge < -0.3 is 5.32 Å². The molecule has 0 atom stereocenters. The Morgan fingerprint density at radius 3 is 2.45 bits per heavy atom. The van der Waals surface area contributed by atoms with Crippen molar-refractivity contribution in [3.63, 3.8) is 0 Å². The van der Waals surface area contributed by atoms with Crippen LogP contribution in [-0.2, 0) is 0 Å². The van der Waals surface area contributed by atoms with Crippen LogP contribution in [0.25, 0.3) is 0 Å². The van der Waals surface area contributed by atoms with E-state index in [9.17, 15) is 28.1 Å². The Labute approximate surface area is 126 Å². The number of nitro benzene ring substituents is 1. The summed E-state index contributed by atoms with van der Waals surface area (Å²) in [4.78, 5) is 21.8. The van der Waals surface area contributed by atoms with E-state index in [1.165, 1.54) is 6.07 Å². The first-order valence-electron chi connectivity index (χ1n) is 5.70. The summed E-state index contributed by atoms with van der Waals surface area (Å²) in [5.74, 6) is -5.96. The van der Waals surface area contributed by atoms with Crippen molar-refractivity contribution in [1.82, 2.24) is 0 Å². The molecule has 114 valence electrons. The fourth-order valence-corrected chi connectivity index (χ4v) is 1.82. The van der Waals surface area contributed by atoms with Crippen LogP contribution in [0.4, 0.5) is 24.5 Å². The molecule has 1 N–H and O–H groups in total. The van der Waals surface area contributed by atoms with Crippen LogP contribution >= 0.6 is 11.6 Å². The number of halogens is 4. The highest BCUT2D eigenvalue weighted by Gasteiger charge is 2.20. The largest absolute Gasteiger partial charge is 0.322 e. The van der Waals surface area contributed by atoms with Crippen molar-refractivity contribution in [3.05, 3.63) is 68.5 Å². The van der Waals surface area contributed by atoms with Gasteiger partial charge in [-0.15, -0.1) is 0 Å². The van der Waals surface area contributed by atoms with Gasteiger partial charge in [-0.1, -0.05) is 11.6 Å². The highest BCUT2D eigenvalue weighted by Crippen LogP contribution is 2.27. The molecule has 9 heteroatoms. The fraction of sp³-hybridized carbons (Fsp3) is 0. The summed E-state index contributed by atoms with van der Waals surface area (Å²) in [6.45, 7) is 0. The predicted molar refractivity (Wildman–Crippen MR) is 72.4 cm³/mol. The molecule has 0 bridgehead atoms. The second kappa shape index (κ2) is 6.02. The number of carbonyl (C=O) groups excluding carboxylic acids is 1. The average molecular weight is 331 g/mol. The first kappa shape index (κ1) is 15.8. The lowest BCUT2D eigenvalue weighted by atomic mass is 10.1. The van der Waals surface area contributed by atoms with Crippen LogP contribution < -0.4 is 5.32 Å². The summed E-state index contributed by atoms with van der Waals surface area (Å²) in [5.41, 5.74) is -1.26. The molecule has 2 aromatic carbocycles. The molecular formula is C13H6ClF3N2O3. The van der Waals surface area contributed by atoms with Gasteiger partial charge in [-0.25, -0.2) is 13.2 Å². The maximum absolute atomic E-state index is 13.5. The molecule has 0 unspecified atom stereocenters. The quantitative estimate of drug-likeness (QED) is 0.526. The van der Waals surface area contributed by atoms with Crippen molar-refractivity contribution in [2.24, 2.45) is 0 Å². The number of hydrogen-bond donors (Lipinski definition) is 1. The van der Waals surface area contributed by atoms with Gasteiger partial charge in [0.2, 0.25) is 0 Å². The monoisotopic (exact) mass is 330 g/mol. The number of nitro groups is 1. The van der Waals surface area contributed by atoms with Gasteiger partial charge in [0.25, 0.3) is 11.6 Å². The number of benzene rings is 2. The van der Waals surface area contributed by atoms with Crippen molar-refractivity contribution in [1.29, 1.82) is 0 Å². The number of carbonyl (C=O) groups is 1. The zero-order valence-electron chi connectivity index (χ0n) is 10.6. The number of rotatable bonds is 3. The SMILES string of the molecule is O=C(Nc1ccc(Cl)c([N+](=O)[O-])c1)c1ccc(F)c(F)c1F. The average Bonchev–Trinajstić information content (AvgIpc) is 2.46. The lowest BCUT2D eigenvalue weighted by molar-refractivity contribution is -0.384. The number of nitrogens with one attached hydrogen (secondary N) is 1. The van der Waals surface area contributed by atoms with Crippen LogP contribution in [0, 0.1) is 27.6 Å². The van der Waals surface area contributed by atoms with E-state index >= 15 is 0 Å². The van der Waals surface area contributed by atoms with Crippen molar-refractivity contribution in [3.8, 4) is 0 Å². The van der Waals surface area contributed by atoms with Crippen molar-refractivity contribution >= 4 is 28.9 Å². The zero-order chi connectivity index (χ0) is 16.4. The Bertz CT molecular complexity index is 783. The molecule has 5 nitrogen and oxygen atoms in total. The third-order valence-electron chi connectivity index (χ3n) is 2.68. The molecule has 22 heavy (non-hydrogen) atoms. The van der Waals surface area contributed by atoms with E-state index in [-0.39, 0.29) is 10.7 Å². The third-order valence-corrected chi connectivity index (χ3v) is 3.00. The number of anilines is 1. The van der Waals surface area contributed by atoms with Gasteiger partial charge in [0, 0.05) is 11.8 Å². The molecule has 0 aromatic heterocycles. The molecular weight excluding hydrogens is 325 g/mol. The Morgan fingerprint density at radius 1 is 1.14 bits per heavy atom. The van der Waals surface area contributed by atoms with Gasteiger partial charge in [-0.2, -0.15) is 0 Å². The predicted octanol–water partition coefficient (Wildman–Crippen LogP) is 3.92. The smallest absolute Gasteiger partial charge is 0.289 e. The Hall–Kier alpha value is -2.61. The first-order chi connectivity index (χ1) is 10.3. The van der Waals surface area contributed by atoms with Gasteiger partial charge >= 0.3 is 0 Å². The lowest BCUT2D eigenvalue weighted by Gasteiger charge is -2.07. The number of nitrogens with zero attached hydrogens (tertiary/aromatic N) is 1. The molecule has 0 aliphatic carbocycles. The van der Waals surface area contributed by atoms with Crippen LogP contribution in [0.3, 0.4) is 0 Å². The van der Waals surface area contributed by atoms with Crippen LogP contribution in [-0.4, -0.2) is 10.8 Å². The minimum Gasteiger partial charge on any atom is -0.322 e. The molecule has 0 radical (unpaired) electrons. The standard InChI is InChI=1S/C13H6ClF3N2O3/c14-8-3-1-6(5-10(8)19(21)22)18-13(20)7-2-4-9(15)12(17)11(7)16/h1-5H,(H,18,20). The minimum atomic E-state index is -1.78. The number of amides is 1. The second-order valence-electron chi connectivity index (χ2n) is 4.10. The molecule has 2 rings (SSSR count). The summed E-state index contributed by atoms with van der Waals surface area (Å²) in [6.07, 6.45) is 0. The first-order valence-corrected chi connectivity index (χ1v) is 6.08. The molecule has 1 amide bonds. The Balaban J connectivity index is 2.32. The number of hydrogen-bond acceptors (Lipinski definition) is 3. The minimum absolute atomic E-state index is 0.0507. The van der Waals surface area contributed by atoms with E-state index in [2.05, 4.69) is 5.32 Å². The van der Waals surface area contributed by atoms with E-state index in [0.717, 1.165) is 18.2 Å². The van der Waals surface area contributed by atoms with Crippen molar-refractivity contribution in [2.75, 3.05) is 5.32 Å². The fourth-order valence-electron chi connectivity index (χ4n) is 1.63. The van der Waals surface area contributed by atoms with Crippen LogP contribution in [0.5, 0.6) is 0 Å². The van der Waals surface area contributed by atoms with E-state index in [1.807, 2.05) is 0 Å². The molecule has 0 saturated heterocycles. The summed E-state index contributed by atoms with van der Waals surface area (Å²) >= 11 is 5.60. The highest BCUT2D eigenvalue weighted by atomic mass is 35.5. The van der Waals surface area contributed by atoms with E-state index in [4.69, 9.17) is 11.6 Å². The van der Waals surface area contributed by atoms with Crippen LogP contribution in [0.15, 0.2) is 30.3 Å². The summed E-state index contributed by atoms with van der Waals surface area (Å²) in [6, 6.07) is 4.71. The lowest BCUT2D eigenvalue weighted by Crippen LogP contribution is -2.15. The second-order valence-corrected chi connectivity index (χ2v) is 4.51. The normalized spacial score (nSPS) is 10.4. The molecule has 0 saturated carbocycles. The molecule has 0 aliphatic rings.